The van der Waals surface area contributed by atoms with Gasteiger partial charge in [0.15, 0.2) is 0 Å². The third kappa shape index (κ3) is 6.32. The zero-order chi connectivity index (χ0) is 24.2. The molecule has 4 rings (SSSR count). The molecule has 6 nitrogen and oxygen atoms in total. The van der Waals surface area contributed by atoms with Crippen LogP contribution < -0.4 is 5.32 Å². The number of amides is 2. The molecule has 0 bridgehead atoms. The van der Waals surface area contributed by atoms with Crippen molar-refractivity contribution < 1.29 is 14.7 Å². The van der Waals surface area contributed by atoms with Gasteiger partial charge in [-0.15, -0.1) is 0 Å². The van der Waals surface area contributed by atoms with Crippen LogP contribution in [0.3, 0.4) is 0 Å². The molecule has 0 aromatic heterocycles. The topological polar surface area (TPSA) is 72.9 Å². The Labute approximate surface area is 209 Å². The second-order valence-corrected chi connectivity index (χ2v) is 11.2. The summed E-state index contributed by atoms with van der Waals surface area (Å²) in [5.41, 5.74) is 2.95. The van der Waals surface area contributed by atoms with Gasteiger partial charge in [-0.1, -0.05) is 24.4 Å². The van der Waals surface area contributed by atoms with Crippen LogP contribution in [0.2, 0.25) is 5.02 Å². The molecule has 1 aromatic rings. The third-order valence-electron chi connectivity index (χ3n) is 8.14. The van der Waals surface area contributed by atoms with Gasteiger partial charge < -0.3 is 15.3 Å². The molecule has 2 amide bonds. The number of anilines is 1. The van der Waals surface area contributed by atoms with E-state index < -0.39 is 0 Å². The number of piperazine rings is 1. The molecule has 1 heterocycles. The van der Waals surface area contributed by atoms with Gasteiger partial charge in [0, 0.05) is 55.3 Å². The smallest absolute Gasteiger partial charge is 0.226 e. The predicted octanol–water partition coefficient (Wildman–Crippen LogP) is 4.75. The second-order valence-electron chi connectivity index (χ2n) is 10.8. The van der Waals surface area contributed by atoms with E-state index in [-0.39, 0.29) is 24.0 Å². The summed E-state index contributed by atoms with van der Waals surface area (Å²) in [5, 5.41) is 13.4. The van der Waals surface area contributed by atoms with Crippen LogP contribution in [-0.4, -0.2) is 58.5 Å². The van der Waals surface area contributed by atoms with Crippen LogP contribution in [0.5, 0.6) is 0 Å². The Morgan fingerprint density at radius 1 is 1.09 bits per heavy atom. The standard InChI is InChI=1S/C27H40ClN3O3/c1-18-16-30(11-12-31(18)27(34)21-5-3-4-6-21)17-22-14-23(28)15-25(19(22)2)29-26(33)13-20-7-9-24(32)10-8-20/h14-15,18,20-21,24,32H,3-13,16-17H2,1-2H3,(H,29,33). The molecule has 0 radical (unpaired) electrons. The molecule has 2 aliphatic carbocycles. The highest BCUT2D eigenvalue weighted by Gasteiger charge is 2.33. The maximum Gasteiger partial charge on any atom is 0.226 e. The molecule has 0 spiro atoms. The quantitative estimate of drug-likeness (QED) is 0.604. The van der Waals surface area contributed by atoms with E-state index in [0.29, 0.717) is 23.3 Å². The Morgan fingerprint density at radius 2 is 1.79 bits per heavy atom. The van der Waals surface area contributed by atoms with Crippen molar-refractivity contribution in [2.24, 2.45) is 11.8 Å². The van der Waals surface area contributed by atoms with Gasteiger partial charge in [-0.2, -0.15) is 0 Å². The lowest BCUT2D eigenvalue weighted by Crippen LogP contribution is -2.54. The van der Waals surface area contributed by atoms with Gasteiger partial charge in [0.1, 0.15) is 0 Å². The molecule has 7 heteroatoms. The zero-order valence-corrected chi connectivity index (χ0v) is 21.4. The number of nitrogens with one attached hydrogen (secondary N) is 1. The van der Waals surface area contributed by atoms with E-state index in [9.17, 15) is 14.7 Å². The van der Waals surface area contributed by atoms with Crippen LogP contribution in [0.4, 0.5) is 5.69 Å². The molecule has 2 N–H and O–H groups in total. The Balaban J connectivity index is 1.34. The molecule has 1 saturated heterocycles. The van der Waals surface area contributed by atoms with Gasteiger partial charge in [-0.25, -0.2) is 0 Å². The van der Waals surface area contributed by atoms with Crippen molar-refractivity contribution in [3.05, 3.63) is 28.3 Å². The van der Waals surface area contributed by atoms with Crippen molar-refractivity contribution in [2.45, 2.75) is 90.3 Å². The molecular formula is C27H40ClN3O3. The molecular weight excluding hydrogens is 450 g/mol. The van der Waals surface area contributed by atoms with Crippen LogP contribution in [0.25, 0.3) is 0 Å². The minimum atomic E-state index is -0.206. The molecule has 3 aliphatic rings. The van der Waals surface area contributed by atoms with Crippen molar-refractivity contribution in [1.82, 2.24) is 9.80 Å². The van der Waals surface area contributed by atoms with Crippen LogP contribution in [-0.2, 0) is 16.1 Å². The fourth-order valence-electron chi connectivity index (χ4n) is 5.99. The van der Waals surface area contributed by atoms with Gasteiger partial charge in [-0.3, -0.25) is 14.5 Å². The summed E-state index contributed by atoms with van der Waals surface area (Å²) in [4.78, 5) is 30.1. The average Bonchev–Trinajstić information content (AvgIpc) is 3.33. The molecule has 1 atom stereocenters. The Bertz CT molecular complexity index is 878. The number of benzene rings is 1. The number of hydrogen-bond donors (Lipinski definition) is 2. The van der Waals surface area contributed by atoms with Crippen molar-refractivity contribution in [2.75, 3.05) is 25.0 Å². The molecule has 1 unspecified atom stereocenters. The first-order valence-electron chi connectivity index (χ1n) is 13.1. The van der Waals surface area contributed by atoms with Gasteiger partial charge in [0.25, 0.3) is 0 Å². The summed E-state index contributed by atoms with van der Waals surface area (Å²) in [6.07, 6.45) is 8.12. The molecule has 3 fully saturated rings. The highest BCUT2D eigenvalue weighted by molar-refractivity contribution is 6.31. The number of hydrogen-bond acceptors (Lipinski definition) is 4. The first-order valence-corrected chi connectivity index (χ1v) is 13.5. The van der Waals surface area contributed by atoms with Gasteiger partial charge in [0.2, 0.25) is 11.8 Å². The normalized spacial score (nSPS) is 26.6. The second kappa shape index (κ2) is 11.4. The van der Waals surface area contributed by atoms with E-state index in [4.69, 9.17) is 11.6 Å². The maximum absolute atomic E-state index is 12.9. The lowest BCUT2D eigenvalue weighted by molar-refractivity contribution is -0.140. The number of halogens is 1. The fourth-order valence-corrected chi connectivity index (χ4v) is 6.24. The number of nitrogens with zero attached hydrogens (tertiary/aromatic N) is 2. The first-order chi connectivity index (χ1) is 16.3. The largest absolute Gasteiger partial charge is 0.393 e. The molecule has 1 aliphatic heterocycles. The van der Waals surface area contributed by atoms with Crippen LogP contribution in [0.1, 0.15) is 75.8 Å². The van der Waals surface area contributed by atoms with Crippen molar-refractivity contribution >= 4 is 29.1 Å². The maximum atomic E-state index is 12.9. The number of aliphatic hydroxyl groups excluding tert-OH is 1. The van der Waals surface area contributed by atoms with Gasteiger partial charge >= 0.3 is 0 Å². The van der Waals surface area contributed by atoms with E-state index >= 15 is 0 Å². The molecule has 34 heavy (non-hydrogen) atoms. The van der Waals surface area contributed by atoms with Crippen molar-refractivity contribution in [1.29, 1.82) is 0 Å². The highest BCUT2D eigenvalue weighted by Crippen LogP contribution is 2.31. The fraction of sp³-hybridized carbons (Fsp3) is 0.704. The van der Waals surface area contributed by atoms with E-state index in [1.54, 1.807) is 0 Å². The lowest BCUT2D eigenvalue weighted by atomic mass is 9.85. The van der Waals surface area contributed by atoms with Gasteiger partial charge in [-0.05, 0) is 81.5 Å². The number of aliphatic hydroxyl groups is 1. The SMILES string of the molecule is Cc1c(CN2CCN(C(=O)C3CCCC3)C(C)C2)cc(Cl)cc1NC(=O)CC1CCC(O)CC1. The van der Waals surface area contributed by atoms with Crippen LogP contribution in [0.15, 0.2) is 12.1 Å². The summed E-state index contributed by atoms with van der Waals surface area (Å²) >= 11 is 6.45. The van der Waals surface area contributed by atoms with E-state index in [1.165, 1.54) is 12.8 Å². The summed E-state index contributed by atoms with van der Waals surface area (Å²) in [6, 6.07) is 4.04. The molecule has 2 saturated carbocycles. The zero-order valence-electron chi connectivity index (χ0n) is 20.7. The summed E-state index contributed by atoms with van der Waals surface area (Å²) in [5.74, 6) is 0.938. The van der Waals surface area contributed by atoms with Crippen molar-refractivity contribution in [3.8, 4) is 0 Å². The highest BCUT2D eigenvalue weighted by atomic mass is 35.5. The monoisotopic (exact) mass is 489 g/mol. The Kier molecular flexibility index (Phi) is 8.54. The number of carbonyl (C=O) groups excluding carboxylic acids is 2. The van der Waals surface area contributed by atoms with Crippen LogP contribution in [0, 0.1) is 18.8 Å². The number of rotatable bonds is 6. The summed E-state index contributed by atoms with van der Waals surface area (Å²) in [6.45, 7) is 7.42. The Morgan fingerprint density at radius 3 is 2.47 bits per heavy atom. The predicted molar refractivity (Wildman–Crippen MR) is 136 cm³/mol. The van der Waals surface area contributed by atoms with E-state index in [1.807, 2.05) is 19.1 Å². The average molecular weight is 490 g/mol. The van der Waals surface area contributed by atoms with Crippen LogP contribution >= 0.6 is 11.6 Å². The summed E-state index contributed by atoms with van der Waals surface area (Å²) < 4.78 is 0. The van der Waals surface area contributed by atoms with Gasteiger partial charge in [0.05, 0.1) is 6.10 Å². The minimum Gasteiger partial charge on any atom is -0.393 e. The number of carbonyl (C=O) groups is 2. The summed E-state index contributed by atoms with van der Waals surface area (Å²) in [7, 11) is 0. The van der Waals surface area contributed by atoms with E-state index in [0.717, 1.165) is 81.5 Å². The third-order valence-corrected chi connectivity index (χ3v) is 8.36. The minimum absolute atomic E-state index is 0.0189. The Hall–Kier alpha value is -1.63. The van der Waals surface area contributed by atoms with E-state index in [2.05, 4.69) is 22.0 Å². The molecule has 1 aromatic carbocycles. The molecule has 188 valence electrons. The van der Waals surface area contributed by atoms with Crippen molar-refractivity contribution in [3.63, 3.8) is 0 Å². The first kappa shape index (κ1) is 25.5. The lowest BCUT2D eigenvalue weighted by Gasteiger charge is -2.41.